The zero-order valence-corrected chi connectivity index (χ0v) is 13.6. The molecule has 8 nitrogen and oxygen atoms in total. The second kappa shape index (κ2) is 6.17. The number of aromatic nitrogens is 2. The van der Waals surface area contributed by atoms with Gasteiger partial charge in [0.15, 0.2) is 5.76 Å². The number of sulfonamides is 1. The Morgan fingerprint density at radius 1 is 1.26 bits per heavy atom. The van der Waals surface area contributed by atoms with Gasteiger partial charge in [-0.3, -0.25) is 9.48 Å². The summed E-state index contributed by atoms with van der Waals surface area (Å²) in [7, 11) is -1.91. The molecule has 0 aliphatic carbocycles. The van der Waals surface area contributed by atoms with E-state index in [0.29, 0.717) is 26.1 Å². The molecule has 2 aromatic rings. The van der Waals surface area contributed by atoms with Gasteiger partial charge in [-0.05, 0) is 18.6 Å². The monoisotopic (exact) mass is 338 g/mol. The Hall–Kier alpha value is -2.13. The maximum Gasteiger partial charge on any atom is 0.289 e. The molecule has 1 fully saturated rings. The van der Waals surface area contributed by atoms with Gasteiger partial charge in [-0.25, -0.2) is 8.42 Å². The van der Waals surface area contributed by atoms with E-state index in [-0.39, 0.29) is 23.1 Å². The fourth-order valence-corrected chi connectivity index (χ4v) is 4.03. The Bertz CT molecular complexity index is 782. The maximum atomic E-state index is 12.6. The third-order valence-corrected chi connectivity index (χ3v) is 5.64. The van der Waals surface area contributed by atoms with Gasteiger partial charge in [0.05, 0.1) is 12.5 Å². The fraction of sp³-hybridized carbons (Fsp3) is 0.429. The van der Waals surface area contributed by atoms with E-state index >= 15 is 0 Å². The molecule has 0 aromatic carbocycles. The van der Waals surface area contributed by atoms with Gasteiger partial charge >= 0.3 is 0 Å². The van der Waals surface area contributed by atoms with Crippen molar-refractivity contribution in [2.75, 3.05) is 26.2 Å². The van der Waals surface area contributed by atoms with Crippen LogP contribution in [-0.2, 0) is 17.1 Å². The summed E-state index contributed by atoms with van der Waals surface area (Å²) in [5.41, 5.74) is 0. The highest BCUT2D eigenvalue weighted by atomic mass is 32.2. The number of carbonyl (C=O) groups excluding carboxylic acids is 1. The van der Waals surface area contributed by atoms with E-state index in [4.69, 9.17) is 4.42 Å². The number of nitrogens with zero attached hydrogens (tertiary/aromatic N) is 4. The van der Waals surface area contributed by atoms with Crippen molar-refractivity contribution in [3.05, 3.63) is 36.5 Å². The standard InChI is InChI=1S/C14H18N4O4S/c1-16-11-12(10-15-16)23(20,21)18-6-3-5-17(7-8-18)14(19)13-4-2-9-22-13/h2,4,9-11H,3,5-8H2,1H3. The number of rotatable bonds is 3. The van der Waals surface area contributed by atoms with Crippen LogP contribution in [0, 0.1) is 0 Å². The number of furan rings is 1. The number of hydrogen-bond donors (Lipinski definition) is 0. The number of amides is 1. The summed E-state index contributed by atoms with van der Waals surface area (Å²) in [5.74, 6) is 0.0594. The van der Waals surface area contributed by atoms with E-state index < -0.39 is 10.0 Å². The Balaban J connectivity index is 1.72. The van der Waals surface area contributed by atoms with Crippen LogP contribution >= 0.6 is 0 Å². The van der Waals surface area contributed by atoms with Crippen LogP contribution in [0.25, 0.3) is 0 Å². The molecule has 1 aliphatic rings. The van der Waals surface area contributed by atoms with E-state index in [1.54, 1.807) is 24.1 Å². The van der Waals surface area contributed by atoms with Crippen LogP contribution in [0.5, 0.6) is 0 Å². The van der Waals surface area contributed by atoms with Crippen molar-refractivity contribution >= 4 is 15.9 Å². The molecule has 0 saturated carbocycles. The highest BCUT2D eigenvalue weighted by Gasteiger charge is 2.29. The van der Waals surface area contributed by atoms with Crippen LogP contribution in [-0.4, -0.2) is 59.5 Å². The molecule has 3 heterocycles. The van der Waals surface area contributed by atoms with Gasteiger partial charge in [0.1, 0.15) is 4.90 Å². The van der Waals surface area contributed by atoms with Crippen molar-refractivity contribution in [3.63, 3.8) is 0 Å². The van der Waals surface area contributed by atoms with Crippen LogP contribution in [0.4, 0.5) is 0 Å². The molecular weight excluding hydrogens is 320 g/mol. The van der Waals surface area contributed by atoms with Gasteiger partial charge < -0.3 is 9.32 Å². The molecule has 2 aromatic heterocycles. The minimum atomic E-state index is -3.58. The van der Waals surface area contributed by atoms with Crippen molar-refractivity contribution in [1.82, 2.24) is 19.0 Å². The normalized spacial score (nSPS) is 17.2. The predicted molar refractivity (Wildman–Crippen MR) is 81.2 cm³/mol. The first-order valence-corrected chi connectivity index (χ1v) is 8.74. The molecule has 0 unspecified atom stereocenters. The van der Waals surface area contributed by atoms with E-state index in [9.17, 15) is 13.2 Å². The molecule has 1 saturated heterocycles. The second-order valence-electron chi connectivity index (χ2n) is 5.38. The summed E-state index contributed by atoms with van der Waals surface area (Å²) in [6.07, 6.45) is 4.84. The molecule has 0 bridgehead atoms. The van der Waals surface area contributed by atoms with E-state index in [2.05, 4.69) is 5.10 Å². The molecule has 124 valence electrons. The molecule has 0 spiro atoms. The van der Waals surface area contributed by atoms with Gasteiger partial charge in [0.2, 0.25) is 10.0 Å². The SMILES string of the molecule is Cn1cc(S(=O)(=O)N2CCCN(C(=O)c3ccco3)CC2)cn1. The largest absolute Gasteiger partial charge is 0.459 e. The topological polar surface area (TPSA) is 88.7 Å². The lowest BCUT2D eigenvalue weighted by atomic mass is 10.3. The first kappa shape index (κ1) is 15.8. The number of carbonyl (C=O) groups is 1. The fourth-order valence-electron chi connectivity index (χ4n) is 2.57. The van der Waals surface area contributed by atoms with Crippen LogP contribution in [0.15, 0.2) is 40.1 Å². The lowest BCUT2D eigenvalue weighted by molar-refractivity contribution is 0.0732. The van der Waals surface area contributed by atoms with Crippen molar-refractivity contribution in [2.24, 2.45) is 7.05 Å². The summed E-state index contributed by atoms with van der Waals surface area (Å²) in [6, 6.07) is 3.27. The van der Waals surface area contributed by atoms with E-state index in [0.717, 1.165) is 0 Å². The van der Waals surface area contributed by atoms with Crippen molar-refractivity contribution < 1.29 is 17.6 Å². The van der Waals surface area contributed by atoms with Crippen molar-refractivity contribution in [2.45, 2.75) is 11.3 Å². The predicted octanol–water partition coefficient (Wildman–Crippen LogP) is 0.550. The number of aryl methyl sites for hydroxylation is 1. The molecule has 1 amide bonds. The highest BCUT2D eigenvalue weighted by molar-refractivity contribution is 7.89. The Kier molecular flexibility index (Phi) is 4.22. The van der Waals surface area contributed by atoms with Crippen LogP contribution in [0.3, 0.4) is 0 Å². The molecule has 1 aliphatic heterocycles. The van der Waals surface area contributed by atoms with Gasteiger partial charge in [-0.15, -0.1) is 0 Å². The van der Waals surface area contributed by atoms with Gasteiger partial charge in [-0.1, -0.05) is 0 Å². The van der Waals surface area contributed by atoms with Crippen LogP contribution in [0.2, 0.25) is 0 Å². The van der Waals surface area contributed by atoms with Crippen LogP contribution < -0.4 is 0 Å². The third-order valence-electron chi connectivity index (χ3n) is 3.79. The highest BCUT2D eigenvalue weighted by Crippen LogP contribution is 2.18. The van der Waals surface area contributed by atoms with Gasteiger partial charge in [-0.2, -0.15) is 9.40 Å². The summed E-state index contributed by atoms with van der Waals surface area (Å²) >= 11 is 0. The Labute approximate surface area is 134 Å². The minimum Gasteiger partial charge on any atom is -0.459 e. The van der Waals surface area contributed by atoms with Crippen LogP contribution in [0.1, 0.15) is 17.0 Å². The molecule has 9 heteroatoms. The van der Waals surface area contributed by atoms with Crippen molar-refractivity contribution in [3.8, 4) is 0 Å². The number of hydrogen-bond acceptors (Lipinski definition) is 5. The zero-order chi connectivity index (χ0) is 16.4. The zero-order valence-electron chi connectivity index (χ0n) is 12.8. The smallest absolute Gasteiger partial charge is 0.289 e. The van der Waals surface area contributed by atoms with E-state index in [1.807, 2.05) is 0 Å². The molecule has 23 heavy (non-hydrogen) atoms. The summed E-state index contributed by atoms with van der Waals surface area (Å²) in [5, 5.41) is 3.91. The lowest BCUT2D eigenvalue weighted by Gasteiger charge is -2.20. The summed E-state index contributed by atoms with van der Waals surface area (Å²) in [4.78, 5) is 14.1. The average Bonchev–Trinajstić information content (AvgIpc) is 3.13. The Morgan fingerprint density at radius 3 is 2.74 bits per heavy atom. The first-order chi connectivity index (χ1) is 11.0. The maximum absolute atomic E-state index is 12.6. The molecular formula is C14H18N4O4S. The first-order valence-electron chi connectivity index (χ1n) is 7.30. The minimum absolute atomic E-state index is 0.172. The molecule has 0 N–H and O–H groups in total. The average molecular weight is 338 g/mol. The molecule has 0 radical (unpaired) electrons. The quantitative estimate of drug-likeness (QED) is 0.815. The summed E-state index contributed by atoms with van der Waals surface area (Å²) in [6.45, 7) is 1.46. The van der Waals surface area contributed by atoms with Gasteiger partial charge in [0.25, 0.3) is 5.91 Å². The van der Waals surface area contributed by atoms with Crippen molar-refractivity contribution in [1.29, 1.82) is 0 Å². The molecule has 0 atom stereocenters. The second-order valence-corrected chi connectivity index (χ2v) is 7.31. The Morgan fingerprint density at radius 2 is 2.09 bits per heavy atom. The van der Waals surface area contributed by atoms with E-state index in [1.165, 1.54) is 27.6 Å². The van der Waals surface area contributed by atoms with Gasteiger partial charge in [0, 0.05) is 39.4 Å². The lowest BCUT2D eigenvalue weighted by Crippen LogP contribution is -2.37. The summed E-state index contributed by atoms with van der Waals surface area (Å²) < 4.78 is 33.2. The third kappa shape index (κ3) is 3.15. The molecule has 3 rings (SSSR count).